The molecule has 0 bridgehead atoms. The molecule has 0 unspecified atom stereocenters. The van der Waals surface area contributed by atoms with Gasteiger partial charge in [0.2, 0.25) is 0 Å². The van der Waals surface area contributed by atoms with Gasteiger partial charge in [0.15, 0.2) is 3.92 Å². The maximum Gasteiger partial charge on any atom is 0.183 e. The zero-order chi connectivity index (χ0) is 10.1. The smallest absolute Gasteiger partial charge is 0.183 e. The third-order valence-corrected chi connectivity index (χ3v) is 2.91. The minimum absolute atomic E-state index is 0.394. The molecule has 0 aliphatic carbocycles. The van der Waals surface area contributed by atoms with Crippen LogP contribution in [-0.2, 0) is 0 Å². The average molecular weight is 277 g/mol. The van der Waals surface area contributed by atoms with E-state index in [0.717, 1.165) is 6.07 Å². The fraction of sp³-hybridized carbons (Fsp3) is 0. The van der Waals surface area contributed by atoms with E-state index in [1.54, 1.807) is 0 Å². The first-order valence-electron chi connectivity index (χ1n) is 3.60. The molecule has 2 aromatic rings. The fourth-order valence-electron chi connectivity index (χ4n) is 0.999. The lowest BCUT2D eigenvalue weighted by Gasteiger charge is -1.95. The van der Waals surface area contributed by atoms with E-state index in [4.69, 9.17) is 0 Å². The monoisotopic (exact) mass is 276 g/mol. The zero-order valence-corrected chi connectivity index (χ0v) is 9.07. The van der Waals surface area contributed by atoms with Crippen molar-refractivity contribution in [3.63, 3.8) is 0 Å². The van der Waals surface area contributed by atoms with Crippen molar-refractivity contribution >= 4 is 27.3 Å². The molecule has 0 spiro atoms. The van der Waals surface area contributed by atoms with Gasteiger partial charge in [0.05, 0.1) is 0 Å². The highest BCUT2D eigenvalue weighted by molar-refractivity contribution is 9.11. The summed E-state index contributed by atoms with van der Waals surface area (Å²) in [5.41, 5.74) is 0.394. The summed E-state index contributed by atoms with van der Waals surface area (Å²) in [5.74, 6) is -1.24. The largest absolute Gasteiger partial charge is 0.207 e. The van der Waals surface area contributed by atoms with Crippen molar-refractivity contribution in [3.05, 3.63) is 33.8 Å². The topological polar surface area (TPSA) is 25.8 Å². The quantitative estimate of drug-likeness (QED) is 0.799. The SMILES string of the molecule is Fc1cc(F)cc(-c2nnc(Br)s2)c1. The van der Waals surface area contributed by atoms with Crippen LogP contribution in [0.2, 0.25) is 0 Å². The van der Waals surface area contributed by atoms with Crippen LogP contribution in [0.4, 0.5) is 8.78 Å². The second-order valence-electron chi connectivity index (χ2n) is 2.52. The van der Waals surface area contributed by atoms with E-state index in [0.29, 0.717) is 14.5 Å². The van der Waals surface area contributed by atoms with Crippen LogP contribution in [0.25, 0.3) is 10.6 Å². The van der Waals surface area contributed by atoms with Crippen molar-refractivity contribution in [2.45, 2.75) is 0 Å². The Labute approximate surface area is 90.7 Å². The first-order valence-corrected chi connectivity index (χ1v) is 5.21. The van der Waals surface area contributed by atoms with Gasteiger partial charge < -0.3 is 0 Å². The minimum atomic E-state index is -0.619. The molecule has 0 amide bonds. The summed E-state index contributed by atoms with van der Waals surface area (Å²) in [5, 5.41) is 7.93. The van der Waals surface area contributed by atoms with E-state index in [-0.39, 0.29) is 0 Å². The van der Waals surface area contributed by atoms with Gasteiger partial charge in [-0.2, -0.15) is 0 Å². The fourth-order valence-corrected chi connectivity index (χ4v) is 2.10. The molecule has 0 atom stereocenters. The van der Waals surface area contributed by atoms with Crippen LogP contribution in [0.3, 0.4) is 0 Å². The molecule has 1 heterocycles. The summed E-state index contributed by atoms with van der Waals surface area (Å²) < 4.78 is 26.2. The molecule has 0 aliphatic heterocycles. The Morgan fingerprint density at radius 2 is 1.71 bits per heavy atom. The van der Waals surface area contributed by atoms with Gasteiger partial charge in [-0.15, -0.1) is 10.2 Å². The summed E-state index contributed by atoms with van der Waals surface area (Å²) in [6, 6.07) is 3.26. The molecule has 72 valence electrons. The molecule has 6 heteroatoms. The van der Waals surface area contributed by atoms with Crippen LogP contribution < -0.4 is 0 Å². The van der Waals surface area contributed by atoms with E-state index >= 15 is 0 Å². The maximum atomic E-state index is 12.8. The lowest BCUT2D eigenvalue weighted by molar-refractivity contribution is 0.584. The molecule has 14 heavy (non-hydrogen) atoms. The van der Waals surface area contributed by atoms with Crippen LogP contribution in [0.1, 0.15) is 0 Å². The molecule has 0 aliphatic rings. The van der Waals surface area contributed by atoms with Gasteiger partial charge in [0.1, 0.15) is 16.6 Å². The molecule has 0 fully saturated rings. The average Bonchev–Trinajstić information content (AvgIpc) is 2.50. The van der Waals surface area contributed by atoms with Crippen LogP contribution >= 0.6 is 27.3 Å². The Morgan fingerprint density at radius 3 is 2.21 bits per heavy atom. The predicted octanol–water partition coefficient (Wildman–Crippen LogP) is 3.25. The van der Waals surface area contributed by atoms with Gasteiger partial charge in [-0.25, -0.2) is 8.78 Å². The van der Waals surface area contributed by atoms with Crippen LogP contribution in [0.5, 0.6) is 0 Å². The number of hydrogen-bond acceptors (Lipinski definition) is 3. The van der Waals surface area contributed by atoms with Gasteiger partial charge in [-0.1, -0.05) is 11.3 Å². The van der Waals surface area contributed by atoms with Gasteiger partial charge in [-0.05, 0) is 28.1 Å². The number of hydrogen-bond donors (Lipinski definition) is 0. The lowest BCUT2D eigenvalue weighted by atomic mass is 10.2. The van der Waals surface area contributed by atoms with Crippen molar-refractivity contribution < 1.29 is 8.78 Å². The second kappa shape index (κ2) is 3.70. The van der Waals surface area contributed by atoms with E-state index < -0.39 is 11.6 Å². The molecule has 0 radical (unpaired) electrons. The standard InChI is InChI=1S/C8H3BrF2N2S/c9-8-13-12-7(14-8)4-1-5(10)3-6(11)2-4/h1-3H. The summed E-state index contributed by atoms with van der Waals surface area (Å²) in [4.78, 5) is 0. The summed E-state index contributed by atoms with van der Waals surface area (Å²) in [6.07, 6.45) is 0. The highest BCUT2D eigenvalue weighted by atomic mass is 79.9. The molecule has 0 saturated carbocycles. The summed E-state index contributed by atoms with van der Waals surface area (Å²) in [7, 11) is 0. The third-order valence-electron chi connectivity index (χ3n) is 1.51. The van der Waals surface area contributed by atoms with Gasteiger partial charge in [0.25, 0.3) is 0 Å². The Bertz CT molecular complexity index is 452. The van der Waals surface area contributed by atoms with E-state index in [9.17, 15) is 8.78 Å². The predicted molar refractivity (Wildman–Crippen MR) is 53.0 cm³/mol. The molecular weight excluding hydrogens is 274 g/mol. The first kappa shape index (κ1) is 9.67. The number of halogens is 3. The zero-order valence-electron chi connectivity index (χ0n) is 6.67. The highest BCUT2D eigenvalue weighted by Gasteiger charge is 2.07. The van der Waals surface area contributed by atoms with Crippen molar-refractivity contribution in [1.82, 2.24) is 10.2 Å². The van der Waals surface area contributed by atoms with E-state index in [1.807, 2.05) is 0 Å². The molecule has 0 saturated heterocycles. The van der Waals surface area contributed by atoms with Crippen molar-refractivity contribution in [2.24, 2.45) is 0 Å². The molecular formula is C8H3BrF2N2S. The molecule has 0 N–H and O–H groups in total. The van der Waals surface area contributed by atoms with Crippen molar-refractivity contribution in [1.29, 1.82) is 0 Å². The number of aromatic nitrogens is 2. The van der Waals surface area contributed by atoms with Crippen molar-refractivity contribution in [2.75, 3.05) is 0 Å². The Kier molecular flexibility index (Phi) is 2.56. The molecule has 1 aromatic carbocycles. The maximum absolute atomic E-state index is 12.8. The molecule has 2 rings (SSSR count). The van der Waals surface area contributed by atoms with E-state index in [1.165, 1.54) is 23.5 Å². The van der Waals surface area contributed by atoms with Crippen LogP contribution in [0, 0.1) is 11.6 Å². The van der Waals surface area contributed by atoms with Gasteiger partial charge >= 0.3 is 0 Å². The number of benzene rings is 1. The van der Waals surface area contributed by atoms with Crippen molar-refractivity contribution in [3.8, 4) is 10.6 Å². The lowest BCUT2D eigenvalue weighted by Crippen LogP contribution is -1.83. The third kappa shape index (κ3) is 1.96. The highest BCUT2D eigenvalue weighted by Crippen LogP contribution is 2.27. The normalized spacial score (nSPS) is 10.5. The second-order valence-corrected chi connectivity index (χ2v) is 4.77. The van der Waals surface area contributed by atoms with Gasteiger partial charge in [0, 0.05) is 11.6 Å². The van der Waals surface area contributed by atoms with Crippen LogP contribution in [0.15, 0.2) is 22.1 Å². The number of rotatable bonds is 1. The minimum Gasteiger partial charge on any atom is -0.207 e. The summed E-state index contributed by atoms with van der Waals surface area (Å²) in [6.45, 7) is 0. The van der Waals surface area contributed by atoms with Gasteiger partial charge in [-0.3, -0.25) is 0 Å². The van der Waals surface area contributed by atoms with Crippen LogP contribution in [-0.4, -0.2) is 10.2 Å². The first-order chi connectivity index (χ1) is 6.65. The molecule has 2 nitrogen and oxygen atoms in total. The Hall–Kier alpha value is -0.880. The Morgan fingerprint density at radius 1 is 1.07 bits per heavy atom. The molecule has 1 aromatic heterocycles. The number of nitrogens with zero attached hydrogens (tertiary/aromatic N) is 2. The van der Waals surface area contributed by atoms with E-state index in [2.05, 4.69) is 26.1 Å². The Balaban J connectivity index is 2.51. The summed E-state index contributed by atoms with van der Waals surface area (Å²) >= 11 is 4.34.